The smallest absolute Gasteiger partial charge is 0.252 e. The molecule has 5 nitrogen and oxygen atoms in total. The number of carbonyl (C=O) groups excluding carboxylic acids is 1. The van der Waals surface area contributed by atoms with Gasteiger partial charge in [-0.05, 0) is 12.1 Å². The summed E-state index contributed by atoms with van der Waals surface area (Å²) in [7, 11) is 0. The predicted molar refractivity (Wildman–Crippen MR) is 70.2 cm³/mol. The van der Waals surface area contributed by atoms with Gasteiger partial charge < -0.3 is 15.4 Å². The summed E-state index contributed by atoms with van der Waals surface area (Å²) < 4.78 is 0. The lowest BCUT2D eigenvalue weighted by Crippen LogP contribution is -2.24. The zero-order valence-electron chi connectivity index (χ0n) is 10.2. The minimum absolute atomic E-state index is 0.223. The fourth-order valence-electron chi connectivity index (χ4n) is 1.58. The number of rotatable bonds is 3. The quantitative estimate of drug-likeness (QED) is 0.706. The van der Waals surface area contributed by atoms with Crippen molar-refractivity contribution in [2.24, 2.45) is 0 Å². The second kappa shape index (κ2) is 6.38. The maximum Gasteiger partial charge on any atom is 0.252 e. The molecule has 2 rings (SSSR count). The van der Waals surface area contributed by atoms with Crippen molar-refractivity contribution < 1.29 is 9.90 Å². The Labute approximate surface area is 110 Å². The lowest BCUT2D eigenvalue weighted by molar-refractivity contribution is 0.0949. The van der Waals surface area contributed by atoms with Crippen LogP contribution in [-0.2, 0) is 6.54 Å². The molecule has 0 fully saturated rings. The molecule has 0 radical (unpaired) electrons. The van der Waals surface area contributed by atoms with Crippen LogP contribution in [0.4, 0.5) is 0 Å². The maximum absolute atomic E-state index is 12.0. The van der Waals surface area contributed by atoms with Crippen molar-refractivity contribution >= 4 is 5.91 Å². The lowest BCUT2D eigenvalue weighted by Gasteiger charge is -2.05. The third-order valence-electron chi connectivity index (χ3n) is 2.45. The summed E-state index contributed by atoms with van der Waals surface area (Å²) in [6.45, 7) is 0.0932. The summed E-state index contributed by atoms with van der Waals surface area (Å²) >= 11 is 0. The molecule has 5 heteroatoms. The molecule has 0 saturated carbocycles. The number of carbonyl (C=O) groups is 1. The van der Waals surface area contributed by atoms with Gasteiger partial charge in [0, 0.05) is 18.0 Å². The lowest BCUT2D eigenvalue weighted by atomic mass is 10.1. The van der Waals surface area contributed by atoms with Crippen LogP contribution in [0, 0.1) is 11.8 Å². The second-order valence-corrected chi connectivity index (χ2v) is 3.72. The Kier molecular flexibility index (Phi) is 4.32. The number of aromatic nitrogens is 2. The fourth-order valence-corrected chi connectivity index (χ4v) is 1.58. The van der Waals surface area contributed by atoms with Crippen LogP contribution in [0.5, 0.6) is 0 Å². The number of H-pyrrole nitrogens is 1. The zero-order valence-corrected chi connectivity index (χ0v) is 10.2. The van der Waals surface area contributed by atoms with Crippen LogP contribution in [0.15, 0.2) is 36.7 Å². The van der Waals surface area contributed by atoms with Crippen LogP contribution >= 0.6 is 0 Å². The minimum Gasteiger partial charge on any atom is -0.384 e. The largest absolute Gasteiger partial charge is 0.384 e. The number of imidazole rings is 1. The molecule has 0 aliphatic carbocycles. The van der Waals surface area contributed by atoms with Crippen molar-refractivity contribution in [3.63, 3.8) is 0 Å². The number of hydrogen-bond acceptors (Lipinski definition) is 3. The maximum atomic E-state index is 12.0. The van der Waals surface area contributed by atoms with Crippen molar-refractivity contribution in [2.45, 2.75) is 6.54 Å². The molecule has 2 aromatic rings. The first-order valence-electron chi connectivity index (χ1n) is 5.76. The van der Waals surface area contributed by atoms with Gasteiger partial charge in [0.15, 0.2) is 0 Å². The first-order chi connectivity index (χ1) is 9.31. The number of aliphatic hydroxyl groups is 1. The Morgan fingerprint density at radius 3 is 3.00 bits per heavy atom. The monoisotopic (exact) mass is 255 g/mol. The van der Waals surface area contributed by atoms with Crippen LogP contribution in [0.2, 0.25) is 0 Å². The molecule has 1 aromatic carbocycles. The van der Waals surface area contributed by atoms with E-state index in [1.807, 2.05) is 0 Å². The van der Waals surface area contributed by atoms with Gasteiger partial charge in [-0.25, -0.2) is 4.98 Å². The number of aromatic amines is 1. The SMILES string of the molecule is O=C(NCc1ncc[nH]1)c1ccccc1C#CCO. The minimum atomic E-state index is -0.234. The van der Waals surface area contributed by atoms with E-state index in [9.17, 15) is 4.79 Å². The van der Waals surface area contributed by atoms with Gasteiger partial charge >= 0.3 is 0 Å². The highest BCUT2D eigenvalue weighted by Gasteiger charge is 2.09. The molecule has 0 aliphatic rings. The van der Waals surface area contributed by atoms with Gasteiger partial charge in [-0.15, -0.1) is 0 Å². The van der Waals surface area contributed by atoms with Crippen molar-refractivity contribution in [3.8, 4) is 11.8 Å². The first kappa shape index (κ1) is 12.9. The second-order valence-electron chi connectivity index (χ2n) is 3.72. The van der Waals surface area contributed by atoms with E-state index in [4.69, 9.17) is 5.11 Å². The molecule has 0 spiro atoms. The van der Waals surface area contributed by atoms with Gasteiger partial charge in [-0.1, -0.05) is 24.0 Å². The molecule has 1 aromatic heterocycles. The van der Waals surface area contributed by atoms with Crippen LogP contribution < -0.4 is 5.32 Å². The van der Waals surface area contributed by atoms with Gasteiger partial charge in [0.25, 0.3) is 5.91 Å². The number of amides is 1. The Bertz CT molecular complexity index is 609. The molecule has 0 saturated heterocycles. The molecule has 19 heavy (non-hydrogen) atoms. The Morgan fingerprint density at radius 1 is 1.42 bits per heavy atom. The highest BCUT2D eigenvalue weighted by molar-refractivity contribution is 5.96. The van der Waals surface area contributed by atoms with Crippen LogP contribution in [-0.4, -0.2) is 27.6 Å². The summed E-state index contributed by atoms with van der Waals surface area (Å²) in [5, 5.41) is 11.5. The summed E-state index contributed by atoms with van der Waals surface area (Å²) in [6, 6.07) is 7.00. The van der Waals surface area contributed by atoms with E-state index in [-0.39, 0.29) is 12.5 Å². The van der Waals surface area contributed by atoms with Crippen molar-refractivity contribution in [3.05, 3.63) is 53.6 Å². The summed E-state index contributed by atoms with van der Waals surface area (Å²) in [4.78, 5) is 19.0. The highest BCUT2D eigenvalue weighted by atomic mass is 16.2. The van der Waals surface area contributed by atoms with E-state index < -0.39 is 0 Å². The van der Waals surface area contributed by atoms with Gasteiger partial charge in [-0.3, -0.25) is 4.79 Å². The molecular formula is C14H13N3O2. The molecule has 1 amide bonds. The van der Waals surface area contributed by atoms with Crippen molar-refractivity contribution in [2.75, 3.05) is 6.61 Å². The van der Waals surface area contributed by atoms with E-state index in [1.54, 1.807) is 36.7 Å². The third kappa shape index (κ3) is 3.44. The van der Waals surface area contributed by atoms with E-state index >= 15 is 0 Å². The summed E-state index contributed by atoms with van der Waals surface area (Å²) in [5.74, 6) is 5.75. The first-order valence-corrected chi connectivity index (χ1v) is 5.76. The average Bonchev–Trinajstić information content (AvgIpc) is 2.96. The molecule has 96 valence electrons. The molecule has 1 heterocycles. The Balaban J connectivity index is 2.10. The van der Waals surface area contributed by atoms with Crippen LogP contribution in [0.3, 0.4) is 0 Å². The summed E-state index contributed by atoms with van der Waals surface area (Å²) in [5.41, 5.74) is 1.07. The summed E-state index contributed by atoms with van der Waals surface area (Å²) in [6.07, 6.45) is 3.32. The van der Waals surface area contributed by atoms with Crippen molar-refractivity contribution in [1.82, 2.24) is 15.3 Å². The van der Waals surface area contributed by atoms with E-state index in [2.05, 4.69) is 27.1 Å². The van der Waals surface area contributed by atoms with Crippen molar-refractivity contribution in [1.29, 1.82) is 0 Å². The molecular weight excluding hydrogens is 242 g/mol. The van der Waals surface area contributed by atoms with E-state index in [1.165, 1.54) is 0 Å². The van der Waals surface area contributed by atoms with Gasteiger partial charge in [0.2, 0.25) is 0 Å². The Hall–Kier alpha value is -2.58. The van der Waals surface area contributed by atoms with E-state index in [0.29, 0.717) is 23.5 Å². The molecule has 0 aliphatic heterocycles. The van der Waals surface area contributed by atoms with Gasteiger partial charge in [-0.2, -0.15) is 0 Å². The molecule has 0 unspecified atom stereocenters. The molecule has 3 N–H and O–H groups in total. The predicted octanol–water partition coefficient (Wildman–Crippen LogP) is 0.683. The topological polar surface area (TPSA) is 78.0 Å². The standard InChI is InChI=1S/C14H13N3O2/c18-9-3-5-11-4-1-2-6-12(11)14(19)17-10-13-15-7-8-16-13/h1-2,4,6-8,18H,9-10H2,(H,15,16)(H,17,19). The number of hydrogen-bond donors (Lipinski definition) is 3. The molecule has 0 bridgehead atoms. The normalized spacial score (nSPS) is 9.53. The number of aliphatic hydroxyl groups excluding tert-OH is 1. The number of nitrogens with one attached hydrogen (secondary N) is 2. The third-order valence-corrected chi connectivity index (χ3v) is 2.45. The van der Waals surface area contributed by atoms with E-state index in [0.717, 1.165) is 0 Å². The average molecular weight is 255 g/mol. The fraction of sp³-hybridized carbons (Fsp3) is 0.143. The van der Waals surface area contributed by atoms with Crippen LogP contribution in [0.25, 0.3) is 0 Å². The highest BCUT2D eigenvalue weighted by Crippen LogP contribution is 2.07. The number of benzene rings is 1. The zero-order chi connectivity index (χ0) is 13.5. The van der Waals surface area contributed by atoms with Crippen LogP contribution in [0.1, 0.15) is 21.7 Å². The Morgan fingerprint density at radius 2 is 2.26 bits per heavy atom. The molecule has 0 atom stereocenters. The van der Waals surface area contributed by atoms with Gasteiger partial charge in [0.1, 0.15) is 12.4 Å². The number of nitrogens with zero attached hydrogens (tertiary/aromatic N) is 1. The van der Waals surface area contributed by atoms with Gasteiger partial charge in [0.05, 0.1) is 12.1 Å².